The highest BCUT2D eigenvalue weighted by Gasteiger charge is 2.08. The Labute approximate surface area is 150 Å². The summed E-state index contributed by atoms with van der Waals surface area (Å²) < 4.78 is 5.71. The van der Waals surface area contributed by atoms with Crippen LogP contribution in [0.5, 0.6) is 5.75 Å². The third kappa shape index (κ3) is 3.19. The molecule has 0 aliphatic carbocycles. The van der Waals surface area contributed by atoms with E-state index in [1.807, 2.05) is 48.5 Å². The molecular formula is C19H18N6O. The van der Waals surface area contributed by atoms with Crippen molar-refractivity contribution in [3.63, 3.8) is 0 Å². The van der Waals surface area contributed by atoms with Gasteiger partial charge in [-0.1, -0.05) is 37.3 Å². The number of para-hydroxylation sites is 2. The lowest BCUT2D eigenvalue weighted by molar-refractivity contribution is 0.317. The Hall–Kier alpha value is -3.48. The van der Waals surface area contributed by atoms with E-state index in [2.05, 4.69) is 37.6 Å². The number of hydrogen-bond acceptors (Lipinski definition) is 6. The van der Waals surface area contributed by atoms with E-state index >= 15 is 0 Å². The molecule has 0 atom stereocenters. The molecule has 0 bridgehead atoms. The number of hydrogen-bond donors (Lipinski definition) is 2. The summed E-state index contributed by atoms with van der Waals surface area (Å²) in [5.41, 5.74) is 6.10. The largest absolute Gasteiger partial charge is 0.493 e. The van der Waals surface area contributed by atoms with Crippen molar-refractivity contribution in [2.75, 3.05) is 12.0 Å². The van der Waals surface area contributed by atoms with Gasteiger partial charge in [-0.25, -0.2) is 5.43 Å². The van der Waals surface area contributed by atoms with Gasteiger partial charge in [-0.3, -0.25) is 0 Å². The molecule has 0 saturated heterocycles. The van der Waals surface area contributed by atoms with Crippen molar-refractivity contribution in [3.8, 4) is 5.75 Å². The number of aromatic nitrogens is 4. The van der Waals surface area contributed by atoms with Gasteiger partial charge in [0.05, 0.1) is 12.8 Å². The van der Waals surface area contributed by atoms with Crippen LogP contribution in [0.3, 0.4) is 0 Å². The Morgan fingerprint density at radius 2 is 1.96 bits per heavy atom. The quantitative estimate of drug-likeness (QED) is 0.410. The maximum Gasteiger partial charge on any atom is 0.265 e. The van der Waals surface area contributed by atoms with Gasteiger partial charge in [0, 0.05) is 16.5 Å². The summed E-state index contributed by atoms with van der Waals surface area (Å²) in [4.78, 5) is 7.66. The summed E-state index contributed by atoms with van der Waals surface area (Å²) in [6, 6.07) is 15.6. The van der Waals surface area contributed by atoms with E-state index in [1.165, 1.54) is 0 Å². The summed E-state index contributed by atoms with van der Waals surface area (Å²) in [6.07, 6.45) is 2.64. The normalized spacial score (nSPS) is 11.4. The summed E-state index contributed by atoms with van der Waals surface area (Å²) in [5.74, 6) is 1.12. The lowest BCUT2D eigenvalue weighted by Crippen LogP contribution is -2.01. The van der Waals surface area contributed by atoms with E-state index in [1.54, 1.807) is 6.21 Å². The minimum Gasteiger partial charge on any atom is -0.493 e. The molecule has 4 aromatic rings. The molecule has 7 nitrogen and oxygen atoms in total. The van der Waals surface area contributed by atoms with Crippen LogP contribution in [0.25, 0.3) is 22.1 Å². The number of ether oxygens (including phenoxy) is 1. The van der Waals surface area contributed by atoms with Crippen LogP contribution in [-0.4, -0.2) is 33.0 Å². The Morgan fingerprint density at radius 1 is 1.12 bits per heavy atom. The van der Waals surface area contributed by atoms with Gasteiger partial charge in [0.25, 0.3) is 5.95 Å². The van der Waals surface area contributed by atoms with Gasteiger partial charge in [0.2, 0.25) is 0 Å². The predicted octanol–water partition coefficient (Wildman–Crippen LogP) is 3.74. The first-order valence-electron chi connectivity index (χ1n) is 8.47. The third-order valence-corrected chi connectivity index (χ3v) is 3.87. The summed E-state index contributed by atoms with van der Waals surface area (Å²) in [7, 11) is 0. The number of hydrazone groups is 1. The monoisotopic (exact) mass is 346 g/mol. The molecule has 26 heavy (non-hydrogen) atoms. The highest BCUT2D eigenvalue weighted by atomic mass is 16.5. The van der Waals surface area contributed by atoms with Crippen LogP contribution >= 0.6 is 0 Å². The number of nitrogens with one attached hydrogen (secondary N) is 2. The minimum atomic E-state index is 0.326. The van der Waals surface area contributed by atoms with E-state index in [-0.39, 0.29) is 0 Å². The molecule has 0 aliphatic heterocycles. The van der Waals surface area contributed by atoms with Crippen LogP contribution < -0.4 is 10.2 Å². The number of rotatable bonds is 6. The maximum absolute atomic E-state index is 5.71. The maximum atomic E-state index is 5.71. The van der Waals surface area contributed by atoms with Gasteiger partial charge in [-0.05, 0) is 24.6 Å². The summed E-state index contributed by atoms with van der Waals surface area (Å²) >= 11 is 0. The third-order valence-electron chi connectivity index (χ3n) is 3.87. The minimum absolute atomic E-state index is 0.326. The Bertz CT molecular complexity index is 1070. The van der Waals surface area contributed by atoms with Crippen molar-refractivity contribution in [1.82, 2.24) is 20.2 Å². The fourth-order valence-corrected chi connectivity index (χ4v) is 2.66. The molecule has 0 saturated carbocycles. The second-order valence-electron chi connectivity index (χ2n) is 5.76. The van der Waals surface area contributed by atoms with Gasteiger partial charge in [-0.15, -0.1) is 10.2 Å². The van der Waals surface area contributed by atoms with Gasteiger partial charge in [0.1, 0.15) is 11.3 Å². The van der Waals surface area contributed by atoms with E-state index in [0.29, 0.717) is 18.2 Å². The molecule has 0 radical (unpaired) electrons. The first kappa shape index (κ1) is 16.0. The highest BCUT2D eigenvalue weighted by molar-refractivity contribution is 6.03. The van der Waals surface area contributed by atoms with Crippen LogP contribution in [0.15, 0.2) is 53.6 Å². The van der Waals surface area contributed by atoms with E-state index in [9.17, 15) is 0 Å². The zero-order valence-electron chi connectivity index (χ0n) is 14.3. The molecule has 130 valence electrons. The lowest BCUT2D eigenvalue weighted by Gasteiger charge is -2.07. The van der Waals surface area contributed by atoms with Crippen molar-refractivity contribution in [3.05, 3.63) is 54.1 Å². The molecule has 7 heteroatoms. The van der Waals surface area contributed by atoms with Crippen LogP contribution in [-0.2, 0) is 0 Å². The number of H-pyrrole nitrogens is 1. The van der Waals surface area contributed by atoms with Gasteiger partial charge >= 0.3 is 0 Å². The van der Waals surface area contributed by atoms with Gasteiger partial charge < -0.3 is 9.72 Å². The summed E-state index contributed by atoms with van der Waals surface area (Å²) in [6.45, 7) is 2.74. The van der Waals surface area contributed by atoms with Crippen LogP contribution in [0.2, 0.25) is 0 Å². The number of benzene rings is 2. The van der Waals surface area contributed by atoms with Crippen molar-refractivity contribution in [2.24, 2.45) is 5.10 Å². The van der Waals surface area contributed by atoms with Crippen LogP contribution in [0, 0.1) is 0 Å². The Balaban J connectivity index is 1.54. The van der Waals surface area contributed by atoms with Crippen molar-refractivity contribution >= 4 is 34.2 Å². The number of aromatic amines is 1. The topological polar surface area (TPSA) is 88.1 Å². The first-order valence-corrected chi connectivity index (χ1v) is 8.47. The SMILES string of the molecule is CCCOc1ccccc1/C=N\Nc1nnc2c(n1)[nH]c1ccccc12. The van der Waals surface area contributed by atoms with E-state index in [0.717, 1.165) is 34.2 Å². The average Bonchev–Trinajstić information content (AvgIpc) is 3.05. The van der Waals surface area contributed by atoms with Crippen LogP contribution in [0.1, 0.15) is 18.9 Å². The van der Waals surface area contributed by atoms with E-state index in [4.69, 9.17) is 4.74 Å². The van der Waals surface area contributed by atoms with Gasteiger partial charge in [0.15, 0.2) is 5.65 Å². The number of fused-ring (bicyclic) bond motifs is 3. The molecule has 2 N–H and O–H groups in total. The molecule has 0 amide bonds. The molecule has 4 rings (SSSR count). The van der Waals surface area contributed by atoms with Crippen molar-refractivity contribution in [2.45, 2.75) is 13.3 Å². The molecule has 0 spiro atoms. The zero-order chi connectivity index (χ0) is 17.8. The molecule has 2 heterocycles. The molecule has 0 fully saturated rings. The fourth-order valence-electron chi connectivity index (χ4n) is 2.66. The number of nitrogens with zero attached hydrogens (tertiary/aromatic N) is 4. The van der Waals surface area contributed by atoms with Crippen molar-refractivity contribution in [1.29, 1.82) is 0 Å². The molecule has 0 unspecified atom stereocenters. The Morgan fingerprint density at radius 3 is 2.88 bits per heavy atom. The standard InChI is InChI=1S/C19H18N6O/c1-2-11-26-16-10-6-3-7-13(16)12-20-24-19-22-18-17(23-25-19)14-8-4-5-9-15(14)21-18/h3-10,12H,2,11H2,1H3,(H2,21,22,24,25)/b20-12-. The van der Waals surface area contributed by atoms with Crippen LogP contribution in [0.4, 0.5) is 5.95 Å². The molecule has 2 aromatic heterocycles. The second-order valence-corrected chi connectivity index (χ2v) is 5.76. The lowest BCUT2D eigenvalue weighted by atomic mass is 10.2. The smallest absolute Gasteiger partial charge is 0.265 e. The van der Waals surface area contributed by atoms with Crippen molar-refractivity contribution < 1.29 is 4.74 Å². The van der Waals surface area contributed by atoms with E-state index < -0.39 is 0 Å². The molecule has 0 aliphatic rings. The fraction of sp³-hybridized carbons (Fsp3) is 0.158. The first-order chi connectivity index (χ1) is 12.8. The average molecular weight is 346 g/mol. The molecule has 2 aromatic carbocycles. The highest BCUT2D eigenvalue weighted by Crippen LogP contribution is 2.22. The predicted molar refractivity (Wildman–Crippen MR) is 103 cm³/mol. The van der Waals surface area contributed by atoms with Gasteiger partial charge in [-0.2, -0.15) is 10.1 Å². The zero-order valence-corrected chi connectivity index (χ0v) is 14.3. The molecular weight excluding hydrogens is 328 g/mol. The number of anilines is 1. The summed E-state index contributed by atoms with van der Waals surface area (Å²) in [5, 5.41) is 13.6. The second kappa shape index (κ2) is 7.18. The Kier molecular flexibility index (Phi) is 4.42.